The Morgan fingerprint density at radius 3 is 0.750 bits per heavy atom. The van der Waals surface area contributed by atoms with E-state index >= 15 is 0 Å². The minimum absolute atomic E-state index is 0. The van der Waals surface area contributed by atoms with E-state index in [4.69, 9.17) is 0 Å². The molecule has 0 spiro atoms. The Morgan fingerprint density at radius 1 is 0.750 bits per heavy atom. The number of hydrogen-bond donors (Lipinski definition) is 0. The van der Waals surface area contributed by atoms with Gasteiger partial charge in [0.25, 0.3) is 0 Å². The number of rotatable bonds is 0. The van der Waals surface area contributed by atoms with Crippen molar-refractivity contribution in [1.82, 2.24) is 0 Å². The molecule has 0 rings (SSSR count). The van der Waals surface area contributed by atoms with E-state index in [1.165, 1.54) is 0 Å². The van der Waals surface area contributed by atoms with Gasteiger partial charge >= 0.3 is 51.9 Å². The van der Waals surface area contributed by atoms with Crippen LogP contribution in [0.25, 0.3) is 0 Å². The molecule has 0 saturated heterocycles. The van der Waals surface area contributed by atoms with Crippen molar-refractivity contribution >= 4 is 0 Å². The quantitative estimate of drug-likeness (QED) is 0.389. The molecule has 0 aliphatic heterocycles. The van der Waals surface area contributed by atoms with Crippen molar-refractivity contribution in [2.45, 2.75) is 0 Å². The molecule has 26 valence electrons. The molecule has 0 bridgehead atoms. The van der Waals surface area contributed by atoms with Gasteiger partial charge in [0.15, 0.2) is 0 Å². The molecule has 0 aromatic rings. The van der Waals surface area contributed by atoms with Crippen LogP contribution in [0.5, 0.6) is 0 Å². The van der Waals surface area contributed by atoms with Crippen LogP contribution in [0.3, 0.4) is 0 Å². The summed E-state index contributed by atoms with van der Waals surface area (Å²) in [5.74, 6) is 0. The summed E-state index contributed by atoms with van der Waals surface area (Å²) >= 11 is 0. The van der Waals surface area contributed by atoms with Gasteiger partial charge in [-0.05, 0) is 0 Å². The molecule has 0 radical (unpaired) electrons. The third kappa shape index (κ3) is 8.85. The first-order chi connectivity index (χ1) is 0. The fourth-order valence-corrected chi connectivity index (χ4v) is 0. The first-order valence-electron chi connectivity index (χ1n) is 0. The normalized spacial score (nSPS) is 0. The van der Waals surface area contributed by atoms with E-state index in [2.05, 4.69) is 0 Å². The Morgan fingerprint density at radius 2 is 0.750 bits per heavy atom. The summed E-state index contributed by atoms with van der Waals surface area (Å²) in [6.45, 7) is 0. The van der Waals surface area contributed by atoms with E-state index in [-0.39, 0.29) is 76.8 Å². The third-order valence-corrected chi connectivity index (χ3v) is 0. The maximum absolute atomic E-state index is 0. The van der Waals surface area contributed by atoms with Crippen LogP contribution in [0, 0.1) is 0 Å². The van der Waals surface area contributed by atoms with E-state index in [1.54, 1.807) is 0 Å². The molecule has 4 heavy (non-hydrogen) atoms. The fraction of sp³-hybridized carbons (Fsp3) is 0. The second-order valence-electron chi connectivity index (χ2n) is 0. The van der Waals surface area contributed by atoms with E-state index in [0.717, 1.165) is 0 Å². The summed E-state index contributed by atoms with van der Waals surface area (Å²) in [6, 6.07) is 0. The van der Waals surface area contributed by atoms with Crippen molar-refractivity contribution in [3.05, 3.63) is 0 Å². The first-order valence-corrected chi connectivity index (χ1v) is 0. The SMILES string of the molecule is [Au+].[Cl-].[Cl-].[Na+]. The molecule has 0 aromatic carbocycles. The maximum Gasteiger partial charge on any atom is 1.00 e. The zero-order chi connectivity index (χ0) is 0. The second-order valence-corrected chi connectivity index (χ2v) is 0. The van der Waals surface area contributed by atoms with Crippen molar-refractivity contribution in [1.29, 1.82) is 0 Å². The zero-order valence-electron chi connectivity index (χ0n) is 2.06. The van der Waals surface area contributed by atoms with Crippen LogP contribution in [-0.2, 0) is 22.4 Å². The Balaban J connectivity index is 0. The zero-order valence-corrected chi connectivity index (χ0v) is 7.74. The summed E-state index contributed by atoms with van der Waals surface area (Å²) in [4.78, 5) is 0. The van der Waals surface area contributed by atoms with Crippen LogP contribution < -0.4 is 54.4 Å². The van der Waals surface area contributed by atoms with E-state index < -0.39 is 0 Å². The standard InChI is InChI=1S/Au.2ClH.Na/h;2*1H;/q+1;;;+1/p-2. The molecule has 4 heteroatoms. The summed E-state index contributed by atoms with van der Waals surface area (Å²) in [7, 11) is 0. The third-order valence-electron chi connectivity index (χ3n) is 0. The Bertz CT molecular complexity index is 6.00. The van der Waals surface area contributed by atoms with Gasteiger partial charge in [-0.3, -0.25) is 0 Å². The van der Waals surface area contributed by atoms with Gasteiger partial charge in [0.2, 0.25) is 0 Å². The molecule has 0 saturated carbocycles. The van der Waals surface area contributed by atoms with Gasteiger partial charge in [-0.25, -0.2) is 0 Å². The van der Waals surface area contributed by atoms with Crippen molar-refractivity contribution in [2.75, 3.05) is 0 Å². The molecule has 0 aliphatic carbocycles. The molecule has 0 unspecified atom stereocenters. The maximum atomic E-state index is 0. The Kier molecular flexibility index (Phi) is 153. The molecule has 0 N–H and O–H groups in total. The average Bonchev–Trinajstić information content (AvgIpc) is 0. The summed E-state index contributed by atoms with van der Waals surface area (Å²) in [5, 5.41) is 0. The average molecular weight is 291 g/mol. The molecule has 0 aromatic heterocycles. The van der Waals surface area contributed by atoms with Gasteiger partial charge in [0.1, 0.15) is 0 Å². The van der Waals surface area contributed by atoms with Gasteiger partial charge in [0.05, 0.1) is 0 Å². The fourth-order valence-electron chi connectivity index (χ4n) is 0. The largest absolute Gasteiger partial charge is 1.00 e. The molecule has 0 heterocycles. The van der Waals surface area contributed by atoms with E-state index in [9.17, 15) is 0 Å². The summed E-state index contributed by atoms with van der Waals surface area (Å²) < 4.78 is 0. The van der Waals surface area contributed by atoms with Crippen molar-refractivity contribution in [2.24, 2.45) is 0 Å². The van der Waals surface area contributed by atoms with Gasteiger partial charge in [-0.1, -0.05) is 0 Å². The topological polar surface area (TPSA) is 0 Å². The monoisotopic (exact) mass is 290 g/mol. The minimum atomic E-state index is 0. The van der Waals surface area contributed by atoms with Crippen LogP contribution in [0.4, 0.5) is 0 Å². The number of hydrogen-bond acceptors (Lipinski definition) is 0. The second kappa shape index (κ2) is 18.4. The molecule has 0 atom stereocenters. The van der Waals surface area contributed by atoms with E-state index in [0.29, 0.717) is 0 Å². The summed E-state index contributed by atoms with van der Waals surface area (Å²) in [6.07, 6.45) is 0. The van der Waals surface area contributed by atoms with Crippen LogP contribution in [0.1, 0.15) is 0 Å². The van der Waals surface area contributed by atoms with Crippen LogP contribution in [0.15, 0.2) is 0 Å². The van der Waals surface area contributed by atoms with Gasteiger partial charge < -0.3 is 24.8 Å². The predicted molar refractivity (Wildman–Crippen MR) is 0 cm³/mol. The Hall–Kier alpha value is 2.32. The number of halogens is 2. The van der Waals surface area contributed by atoms with E-state index in [1.807, 2.05) is 0 Å². The van der Waals surface area contributed by atoms with Crippen molar-refractivity contribution in [3.8, 4) is 0 Å². The summed E-state index contributed by atoms with van der Waals surface area (Å²) in [5.41, 5.74) is 0. The van der Waals surface area contributed by atoms with Gasteiger partial charge in [0, 0.05) is 0 Å². The van der Waals surface area contributed by atoms with Gasteiger partial charge in [-0.2, -0.15) is 0 Å². The minimum Gasteiger partial charge on any atom is -1.00 e. The molecule has 0 fully saturated rings. The van der Waals surface area contributed by atoms with Crippen LogP contribution in [0.2, 0.25) is 0 Å². The molecule has 0 nitrogen and oxygen atoms in total. The van der Waals surface area contributed by atoms with Crippen LogP contribution >= 0.6 is 0 Å². The smallest absolute Gasteiger partial charge is 1.00 e. The van der Waals surface area contributed by atoms with Crippen LogP contribution in [-0.4, -0.2) is 0 Å². The van der Waals surface area contributed by atoms with Gasteiger partial charge in [-0.15, -0.1) is 0 Å². The predicted octanol–water partition coefficient (Wildman–Crippen LogP) is -8.99. The van der Waals surface area contributed by atoms with Crippen molar-refractivity contribution in [3.63, 3.8) is 0 Å². The molecule has 0 amide bonds. The first kappa shape index (κ1) is 33.2. The molecule has 0 aliphatic rings. The molecular formula is AuCl2Na. The Labute approximate surface area is 75.7 Å². The molecular weight excluding hydrogens is 291 g/mol. The van der Waals surface area contributed by atoms with Crippen molar-refractivity contribution < 1.29 is 76.8 Å².